The third-order valence-electron chi connectivity index (χ3n) is 3.47. The topological polar surface area (TPSA) is 53.2 Å². The first-order valence-corrected chi connectivity index (χ1v) is 6.04. The third-order valence-corrected chi connectivity index (χ3v) is 3.47. The van der Waals surface area contributed by atoms with E-state index in [0.29, 0.717) is 6.42 Å². The van der Waals surface area contributed by atoms with Gasteiger partial charge in [-0.05, 0) is 33.1 Å². The Kier molecular flexibility index (Phi) is 4.62. The molecule has 1 aliphatic carbocycles. The molecule has 1 saturated carbocycles. The SMILES string of the molecule is CC(O)C(C)OC1(C#N)CCCC(C(F)(F)F)C1. The Balaban J connectivity index is 2.79. The Morgan fingerprint density at radius 2 is 2.06 bits per heavy atom. The molecule has 1 fully saturated rings. The zero-order chi connectivity index (χ0) is 14.0. The summed E-state index contributed by atoms with van der Waals surface area (Å²) in [5.41, 5.74) is -1.42. The molecule has 0 aromatic rings. The molecule has 0 spiro atoms. The van der Waals surface area contributed by atoms with Gasteiger partial charge < -0.3 is 9.84 Å². The minimum Gasteiger partial charge on any atom is -0.391 e. The quantitative estimate of drug-likeness (QED) is 0.853. The van der Waals surface area contributed by atoms with Crippen molar-refractivity contribution in [3.63, 3.8) is 0 Å². The van der Waals surface area contributed by atoms with Gasteiger partial charge in [0, 0.05) is 6.42 Å². The van der Waals surface area contributed by atoms with E-state index in [1.807, 2.05) is 6.07 Å². The van der Waals surface area contributed by atoms with Crippen LogP contribution in [0.3, 0.4) is 0 Å². The molecule has 0 aromatic heterocycles. The van der Waals surface area contributed by atoms with Crippen molar-refractivity contribution in [1.29, 1.82) is 5.26 Å². The van der Waals surface area contributed by atoms with E-state index in [2.05, 4.69) is 0 Å². The van der Waals surface area contributed by atoms with E-state index in [0.717, 1.165) is 0 Å². The van der Waals surface area contributed by atoms with Crippen LogP contribution < -0.4 is 0 Å². The van der Waals surface area contributed by atoms with Crippen LogP contribution in [0.25, 0.3) is 0 Å². The Labute approximate surface area is 105 Å². The average Bonchev–Trinajstić information content (AvgIpc) is 2.28. The fraction of sp³-hybridized carbons (Fsp3) is 0.917. The van der Waals surface area contributed by atoms with Crippen LogP contribution in [0.15, 0.2) is 0 Å². The second kappa shape index (κ2) is 5.45. The van der Waals surface area contributed by atoms with Gasteiger partial charge in [0.25, 0.3) is 0 Å². The lowest BCUT2D eigenvalue weighted by Crippen LogP contribution is -2.45. The predicted molar refractivity (Wildman–Crippen MR) is 58.6 cm³/mol. The summed E-state index contributed by atoms with van der Waals surface area (Å²) in [6, 6.07) is 1.87. The van der Waals surface area contributed by atoms with E-state index >= 15 is 0 Å². The Morgan fingerprint density at radius 1 is 1.44 bits per heavy atom. The zero-order valence-electron chi connectivity index (χ0n) is 10.5. The Hall–Kier alpha value is -0.800. The van der Waals surface area contributed by atoms with Crippen molar-refractivity contribution in [3.8, 4) is 6.07 Å². The highest BCUT2D eigenvalue weighted by molar-refractivity contribution is 5.06. The minimum atomic E-state index is -4.29. The highest BCUT2D eigenvalue weighted by Crippen LogP contribution is 2.43. The molecule has 1 aliphatic rings. The van der Waals surface area contributed by atoms with Crippen molar-refractivity contribution >= 4 is 0 Å². The molecule has 0 aromatic carbocycles. The third kappa shape index (κ3) is 3.59. The molecule has 1 N–H and O–H groups in total. The van der Waals surface area contributed by atoms with Crippen LogP contribution in [0.2, 0.25) is 0 Å². The van der Waals surface area contributed by atoms with E-state index in [-0.39, 0.29) is 19.3 Å². The molecule has 104 valence electrons. The smallest absolute Gasteiger partial charge is 0.391 e. The minimum absolute atomic E-state index is 0.0410. The van der Waals surface area contributed by atoms with Gasteiger partial charge in [-0.3, -0.25) is 0 Å². The van der Waals surface area contributed by atoms with Gasteiger partial charge in [0.15, 0.2) is 5.60 Å². The molecular weight excluding hydrogens is 247 g/mol. The molecule has 0 bridgehead atoms. The standard InChI is InChI=1S/C12H18F3NO2/c1-8(17)9(2)18-11(7-16)5-3-4-10(6-11)12(13,14)15/h8-10,17H,3-6H2,1-2H3. The molecule has 6 heteroatoms. The average molecular weight is 265 g/mol. The first kappa shape index (κ1) is 15.3. The molecular formula is C12H18F3NO2. The summed E-state index contributed by atoms with van der Waals surface area (Å²) in [6.07, 6.45) is -5.47. The lowest BCUT2D eigenvalue weighted by molar-refractivity contribution is -0.207. The number of aliphatic hydroxyl groups excluding tert-OH is 1. The van der Waals surface area contributed by atoms with E-state index in [1.54, 1.807) is 6.92 Å². The summed E-state index contributed by atoms with van der Waals surface area (Å²) in [5.74, 6) is -1.49. The normalized spacial score (nSPS) is 32.6. The highest BCUT2D eigenvalue weighted by Gasteiger charge is 2.49. The van der Waals surface area contributed by atoms with Gasteiger partial charge in [0.2, 0.25) is 0 Å². The summed E-state index contributed by atoms with van der Waals surface area (Å²) in [4.78, 5) is 0. The van der Waals surface area contributed by atoms with Crippen LogP contribution in [0.1, 0.15) is 39.5 Å². The fourth-order valence-corrected chi connectivity index (χ4v) is 2.20. The van der Waals surface area contributed by atoms with Crippen molar-refractivity contribution < 1.29 is 23.0 Å². The summed E-state index contributed by atoms with van der Waals surface area (Å²) in [5, 5.41) is 18.5. The molecule has 0 saturated heterocycles. The summed E-state index contributed by atoms with van der Waals surface area (Å²) in [6.45, 7) is 3.04. The number of nitrogens with zero attached hydrogens (tertiary/aromatic N) is 1. The first-order valence-electron chi connectivity index (χ1n) is 6.04. The molecule has 4 atom stereocenters. The second-order valence-corrected chi connectivity index (χ2v) is 5.00. The van der Waals surface area contributed by atoms with Crippen molar-refractivity contribution in [1.82, 2.24) is 0 Å². The summed E-state index contributed by atoms with van der Waals surface area (Å²) >= 11 is 0. The zero-order valence-corrected chi connectivity index (χ0v) is 10.5. The largest absolute Gasteiger partial charge is 0.391 e. The van der Waals surface area contributed by atoms with Crippen LogP contribution in [-0.4, -0.2) is 29.1 Å². The first-order chi connectivity index (χ1) is 8.20. The van der Waals surface area contributed by atoms with E-state index in [1.165, 1.54) is 6.92 Å². The van der Waals surface area contributed by atoms with E-state index < -0.39 is 29.9 Å². The fourth-order valence-electron chi connectivity index (χ4n) is 2.20. The second-order valence-electron chi connectivity index (χ2n) is 5.00. The molecule has 0 amide bonds. The van der Waals surface area contributed by atoms with E-state index in [4.69, 9.17) is 10.00 Å². The van der Waals surface area contributed by atoms with Crippen LogP contribution in [-0.2, 0) is 4.74 Å². The maximum atomic E-state index is 12.7. The van der Waals surface area contributed by atoms with Gasteiger partial charge in [-0.15, -0.1) is 0 Å². The number of hydrogen-bond donors (Lipinski definition) is 1. The number of nitriles is 1. The van der Waals surface area contributed by atoms with Crippen molar-refractivity contribution in [2.45, 2.75) is 63.5 Å². The molecule has 0 heterocycles. The highest BCUT2D eigenvalue weighted by atomic mass is 19.4. The molecule has 0 radical (unpaired) electrons. The van der Waals surface area contributed by atoms with Crippen LogP contribution in [0.4, 0.5) is 13.2 Å². The summed E-state index contributed by atoms with van der Waals surface area (Å²) < 4.78 is 43.5. The van der Waals surface area contributed by atoms with Crippen LogP contribution >= 0.6 is 0 Å². The lowest BCUT2D eigenvalue weighted by atomic mass is 9.78. The van der Waals surface area contributed by atoms with Crippen molar-refractivity contribution in [2.24, 2.45) is 5.92 Å². The van der Waals surface area contributed by atoms with Gasteiger partial charge >= 0.3 is 6.18 Å². The number of aliphatic hydroxyl groups is 1. The number of rotatable bonds is 3. The lowest BCUT2D eigenvalue weighted by Gasteiger charge is -2.38. The number of ether oxygens (including phenoxy) is 1. The van der Waals surface area contributed by atoms with Gasteiger partial charge in [0.05, 0.1) is 24.2 Å². The molecule has 18 heavy (non-hydrogen) atoms. The number of alkyl halides is 3. The van der Waals surface area contributed by atoms with Crippen LogP contribution in [0, 0.1) is 17.2 Å². The van der Waals surface area contributed by atoms with Gasteiger partial charge in [-0.2, -0.15) is 18.4 Å². The molecule has 3 nitrogen and oxygen atoms in total. The maximum absolute atomic E-state index is 12.7. The van der Waals surface area contributed by atoms with Gasteiger partial charge in [0.1, 0.15) is 0 Å². The Bertz CT molecular complexity index is 324. The van der Waals surface area contributed by atoms with Gasteiger partial charge in [-0.1, -0.05) is 0 Å². The van der Waals surface area contributed by atoms with Crippen molar-refractivity contribution in [2.75, 3.05) is 0 Å². The maximum Gasteiger partial charge on any atom is 0.391 e. The molecule has 0 aliphatic heterocycles. The molecule has 1 rings (SSSR count). The van der Waals surface area contributed by atoms with Crippen LogP contribution in [0.5, 0.6) is 0 Å². The Morgan fingerprint density at radius 3 is 2.50 bits per heavy atom. The number of halogens is 3. The van der Waals surface area contributed by atoms with Gasteiger partial charge in [-0.25, -0.2) is 0 Å². The summed E-state index contributed by atoms with van der Waals surface area (Å²) in [7, 11) is 0. The van der Waals surface area contributed by atoms with Crippen molar-refractivity contribution in [3.05, 3.63) is 0 Å². The predicted octanol–water partition coefficient (Wildman–Crippen LogP) is 2.79. The monoisotopic (exact) mass is 265 g/mol. The molecule has 4 unspecified atom stereocenters. The van der Waals surface area contributed by atoms with E-state index in [9.17, 15) is 18.3 Å². The number of hydrogen-bond acceptors (Lipinski definition) is 3.